The van der Waals surface area contributed by atoms with Crippen LogP contribution in [0.4, 0.5) is 0 Å². The highest BCUT2D eigenvalue weighted by atomic mass is 16.5. The molecule has 1 heterocycles. The quantitative estimate of drug-likeness (QED) is 0.835. The third kappa shape index (κ3) is 5.87. The molecule has 0 saturated carbocycles. The van der Waals surface area contributed by atoms with Gasteiger partial charge in [0.2, 0.25) is 5.91 Å². The summed E-state index contributed by atoms with van der Waals surface area (Å²) in [6.07, 6.45) is 3.92. The van der Waals surface area contributed by atoms with Gasteiger partial charge in [-0.1, -0.05) is 32.0 Å². The van der Waals surface area contributed by atoms with Gasteiger partial charge in [0.15, 0.2) is 6.61 Å². The lowest BCUT2D eigenvalue weighted by atomic mass is 10.0. The Kier molecular flexibility index (Phi) is 7.09. The van der Waals surface area contributed by atoms with Crippen molar-refractivity contribution in [3.05, 3.63) is 30.3 Å². The maximum absolute atomic E-state index is 12.7. The van der Waals surface area contributed by atoms with Crippen molar-refractivity contribution in [1.29, 1.82) is 0 Å². The Labute approximate surface area is 144 Å². The predicted molar refractivity (Wildman–Crippen MR) is 93.8 cm³/mol. The van der Waals surface area contributed by atoms with Gasteiger partial charge in [0.1, 0.15) is 11.8 Å². The minimum atomic E-state index is -0.463. The van der Waals surface area contributed by atoms with Gasteiger partial charge in [-0.05, 0) is 43.7 Å². The van der Waals surface area contributed by atoms with Gasteiger partial charge in [0.05, 0.1) is 0 Å². The van der Waals surface area contributed by atoms with Crippen molar-refractivity contribution < 1.29 is 14.3 Å². The number of para-hydroxylation sites is 1. The maximum atomic E-state index is 12.7. The molecule has 1 aromatic carbocycles. The van der Waals surface area contributed by atoms with Gasteiger partial charge < -0.3 is 15.0 Å². The number of nitrogens with zero attached hydrogens (tertiary/aromatic N) is 1. The molecule has 24 heavy (non-hydrogen) atoms. The second-order valence-electron chi connectivity index (χ2n) is 6.74. The summed E-state index contributed by atoms with van der Waals surface area (Å²) in [5.41, 5.74) is 0. The van der Waals surface area contributed by atoms with Crippen LogP contribution >= 0.6 is 0 Å². The number of likely N-dealkylation sites (tertiary alicyclic amines) is 1. The van der Waals surface area contributed by atoms with Crippen molar-refractivity contribution in [3.8, 4) is 5.75 Å². The van der Waals surface area contributed by atoms with Crippen molar-refractivity contribution >= 4 is 11.8 Å². The van der Waals surface area contributed by atoms with Crippen LogP contribution in [-0.2, 0) is 9.59 Å². The van der Waals surface area contributed by atoms with Gasteiger partial charge in [-0.3, -0.25) is 9.59 Å². The van der Waals surface area contributed by atoms with Crippen LogP contribution in [0.3, 0.4) is 0 Å². The molecule has 0 unspecified atom stereocenters. The van der Waals surface area contributed by atoms with Gasteiger partial charge in [-0.2, -0.15) is 0 Å². The molecule has 0 aliphatic carbocycles. The molecule has 0 spiro atoms. The first-order valence-corrected chi connectivity index (χ1v) is 8.82. The van der Waals surface area contributed by atoms with Crippen molar-refractivity contribution in [2.75, 3.05) is 19.7 Å². The normalized spacial score (nSPS) is 15.9. The third-order valence-electron chi connectivity index (χ3n) is 4.12. The highest BCUT2D eigenvalue weighted by Gasteiger charge is 2.27. The van der Waals surface area contributed by atoms with E-state index >= 15 is 0 Å². The lowest BCUT2D eigenvalue weighted by molar-refractivity contribution is -0.138. The van der Waals surface area contributed by atoms with E-state index in [-0.39, 0.29) is 18.4 Å². The largest absolute Gasteiger partial charge is 0.484 e. The summed E-state index contributed by atoms with van der Waals surface area (Å²) in [5.74, 6) is 0.765. The maximum Gasteiger partial charge on any atom is 0.258 e. The van der Waals surface area contributed by atoms with Crippen LogP contribution in [0.25, 0.3) is 0 Å². The van der Waals surface area contributed by atoms with Crippen LogP contribution in [-0.4, -0.2) is 42.5 Å². The number of rotatable bonds is 7. The Morgan fingerprint density at radius 2 is 1.79 bits per heavy atom. The molecule has 0 bridgehead atoms. The van der Waals surface area contributed by atoms with Crippen LogP contribution < -0.4 is 10.1 Å². The minimum absolute atomic E-state index is 0.0384. The Morgan fingerprint density at radius 1 is 1.12 bits per heavy atom. The number of ether oxygens (including phenoxy) is 1. The molecule has 1 saturated heterocycles. The number of nitrogens with one attached hydrogen (secondary N) is 1. The van der Waals surface area contributed by atoms with Crippen molar-refractivity contribution in [2.45, 2.75) is 45.6 Å². The zero-order valence-corrected chi connectivity index (χ0v) is 14.7. The van der Waals surface area contributed by atoms with Crippen molar-refractivity contribution in [3.63, 3.8) is 0 Å². The number of amides is 2. The summed E-state index contributed by atoms with van der Waals surface area (Å²) < 4.78 is 5.46. The fraction of sp³-hybridized carbons (Fsp3) is 0.579. The van der Waals surface area contributed by atoms with Gasteiger partial charge in [0, 0.05) is 13.1 Å². The molecule has 1 N–H and O–H groups in total. The average molecular weight is 332 g/mol. The fourth-order valence-corrected chi connectivity index (χ4v) is 2.93. The highest BCUT2D eigenvalue weighted by Crippen LogP contribution is 2.14. The SMILES string of the molecule is CC(C)C[C@H](NC(=O)COc1ccccc1)C(=O)N1CCCCC1. The van der Waals surface area contributed by atoms with E-state index in [2.05, 4.69) is 19.2 Å². The smallest absolute Gasteiger partial charge is 0.258 e. The summed E-state index contributed by atoms with van der Waals surface area (Å²) in [4.78, 5) is 26.8. The number of hydrogen-bond donors (Lipinski definition) is 1. The zero-order valence-electron chi connectivity index (χ0n) is 14.7. The summed E-state index contributed by atoms with van der Waals surface area (Å²) in [5, 5.41) is 2.86. The van der Waals surface area contributed by atoms with E-state index in [1.165, 1.54) is 6.42 Å². The van der Waals surface area contributed by atoms with Gasteiger partial charge in [0.25, 0.3) is 5.91 Å². The summed E-state index contributed by atoms with van der Waals surface area (Å²) in [6, 6.07) is 8.75. The van der Waals surface area contributed by atoms with E-state index in [0.717, 1.165) is 25.9 Å². The number of benzene rings is 1. The van der Waals surface area contributed by atoms with Gasteiger partial charge >= 0.3 is 0 Å². The fourth-order valence-electron chi connectivity index (χ4n) is 2.93. The third-order valence-corrected chi connectivity index (χ3v) is 4.12. The van der Waals surface area contributed by atoms with Crippen LogP contribution in [0, 0.1) is 5.92 Å². The molecule has 132 valence electrons. The highest BCUT2D eigenvalue weighted by molar-refractivity contribution is 5.88. The molecule has 1 aliphatic heterocycles. The molecule has 2 rings (SSSR count). The minimum Gasteiger partial charge on any atom is -0.484 e. The molecule has 0 radical (unpaired) electrons. The lowest BCUT2D eigenvalue weighted by Crippen LogP contribution is -2.51. The molecule has 1 aromatic rings. The second kappa shape index (κ2) is 9.30. The topological polar surface area (TPSA) is 58.6 Å². The van der Waals surface area contributed by atoms with E-state index < -0.39 is 6.04 Å². The molecular formula is C19H28N2O3. The second-order valence-corrected chi connectivity index (χ2v) is 6.74. The molecule has 1 aliphatic rings. The summed E-state index contributed by atoms with van der Waals surface area (Å²) >= 11 is 0. The first-order valence-electron chi connectivity index (χ1n) is 8.82. The van der Waals surface area contributed by atoms with E-state index in [0.29, 0.717) is 18.1 Å². The van der Waals surface area contributed by atoms with Crippen LogP contribution in [0.15, 0.2) is 30.3 Å². The van der Waals surface area contributed by atoms with Crippen LogP contribution in [0.1, 0.15) is 39.5 Å². The molecule has 0 aromatic heterocycles. The molecular weight excluding hydrogens is 304 g/mol. The standard InChI is InChI=1S/C19H28N2O3/c1-15(2)13-17(19(23)21-11-7-4-8-12-21)20-18(22)14-24-16-9-5-3-6-10-16/h3,5-6,9-10,15,17H,4,7-8,11-14H2,1-2H3,(H,20,22)/t17-/m0/s1. The van der Waals surface area contributed by atoms with E-state index in [4.69, 9.17) is 4.74 Å². The number of carbonyl (C=O) groups excluding carboxylic acids is 2. The van der Waals surface area contributed by atoms with Crippen molar-refractivity contribution in [1.82, 2.24) is 10.2 Å². The average Bonchev–Trinajstić information content (AvgIpc) is 2.60. The van der Waals surface area contributed by atoms with Gasteiger partial charge in [-0.15, -0.1) is 0 Å². The zero-order chi connectivity index (χ0) is 17.4. The molecule has 2 amide bonds. The van der Waals surface area contributed by atoms with Crippen LogP contribution in [0.5, 0.6) is 5.75 Å². The molecule has 1 atom stereocenters. The number of hydrogen-bond acceptors (Lipinski definition) is 3. The summed E-state index contributed by atoms with van der Waals surface area (Å²) in [6.45, 7) is 5.63. The Bertz CT molecular complexity index is 525. The first kappa shape index (κ1) is 18.3. The number of piperidine rings is 1. The molecule has 5 heteroatoms. The summed E-state index contributed by atoms with van der Waals surface area (Å²) in [7, 11) is 0. The van der Waals surface area contributed by atoms with E-state index in [1.807, 2.05) is 23.1 Å². The van der Waals surface area contributed by atoms with E-state index in [1.54, 1.807) is 12.1 Å². The molecule has 5 nitrogen and oxygen atoms in total. The first-order chi connectivity index (χ1) is 11.6. The Hall–Kier alpha value is -2.04. The van der Waals surface area contributed by atoms with Crippen LogP contribution in [0.2, 0.25) is 0 Å². The van der Waals surface area contributed by atoms with E-state index in [9.17, 15) is 9.59 Å². The lowest BCUT2D eigenvalue weighted by Gasteiger charge is -2.31. The van der Waals surface area contributed by atoms with Gasteiger partial charge in [-0.25, -0.2) is 0 Å². The number of carbonyl (C=O) groups is 2. The Morgan fingerprint density at radius 3 is 2.42 bits per heavy atom. The molecule has 1 fully saturated rings. The van der Waals surface area contributed by atoms with Crippen molar-refractivity contribution in [2.24, 2.45) is 5.92 Å². The Balaban J connectivity index is 1.89. The monoisotopic (exact) mass is 332 g/mol. The predicted octanol–water partition coefficient (Wildman–Crippen LogP) is 2.61.